The summed E-state index contributed by atoms with van der Waals surface area (Å²) in [6, 6.07) is 4.87. The van der Waals surface area contributed by atoms with Crippen LogP contribution in [0.3, 0.4) is 0 Å². The molecule has 0 aliphatic rings. The van der Waals surface area contributed by atoms with Crippen LogP contribution >= 0.6 is 39.9 Å². The van der Waals surface area contributed by atoms with Gasteiger partial charge >= 0.3 is 0 Å². The molecule has 0 bridgehead atoms. The Labute approximate surface area is 157 Å². The summed E-state index contributed by atoms with van der Waals surface area (Å²) < 4.78 is 19.8. The van der Waals surface area contributed by atoms with Gasteiger partial charge in [0.25, 0.3) is 0 Å². The SMILES string of the molecule is CCNC(=NCc1cc(Br)ccc1F)NCCCOCC.I. The second-order valence-electron chi connectivity index (χ2n) is 4.41. The van der Waals surface area contributed by atoms with Crippen molar-refractivity contribution in [1.82, 2.24) is 10.6 Å². The standard InChI is InChI=1S/C15H23BrFN3O.HI/c1-3-18-15(19-8-5-9-21-4-2)20-11-12-10-13(16)6-7-14(12)17;/h6-7,10H,3-5,8-9,11H2,1-2H3,(H2,18,19,20);1H. The summed E-state index contributed by atoms with van der Waals surface area (Å²) in [6.07, 6.45) is 0.906. The van der Waals surface area contributed by atoms with Crippen LogP contribution in [0.15, 0.2) is 27.7 Å². The van der Waals surface area contributed by atoms with E-state index in [0.29, 0.717) is 18.1 Å². The van der Waals surface area contributed by atoms with Crippen molar-refractivity contribution < 1.29 is 9.13 Å². The highest BCUT2D eigenvalue weighted by molar-refractivity contribution is 14.0. The molecule has 0 saturated carbocycles. The second kappa shape index (κ2) is 13.1. The summed E-state index contributed by atoms with van der Waals surface area (Å²) >= 11 is 3.34. The quantitative estimate of drug-likeness (QED) is 0.254. The number of aliphatic imine (C=N–C) groups is 1. The van der Waals surface area contributed by atoms with Gasteiger partial charge in [-0.25, -0.2) is 9.38 Å². The smallest absolute Gasteiger partial charge is 0.191 e. The Morgan fingerprint density at radius 3 is 2.77 bits per heavy atom. The molecular weight excluding hydrogens is 464 g/mol. The molecule has 0 aliphatic heterocycles. The summed E-state index contributed by atoms with van der Waals surface area (Å²) in [5.41, 5.74) is 0.566. The fourth-order valence-electron chi connectivity index (χ4n) is 1.70. The number of guanidine groups is 1. The van der Waals surface area contributed by atoms with Crippen LogP contribution in [0, 0.1) is 5.82 Å². The maximum Gasteiger partial charge on any atom is 0.191 e. The third-order valence-electron chi connectivity index (χ3n) is 2.72. The molecule has 0 saturated heterocycles. The molecule has 4 nitrogen and oxygen atoms in total. The molecule has 0 radical (unpaired) electrons. The van der Waals surface area contributed by atoms with Crippen molar-refractivity contribution in [2.75, 3.05) is 26.3 Å². The zero-order valence-electron chi connectivity index (χ0n) is 13.0. The minimum absolute atomic E-state index is 0. The van der Waals surface area contributed by atoms with Gasteiger partial charge in [0.05, 0.1) is 6.54 Å². The molecule has 0 aromatic heterocycles. The molecular formula is C15H24BrFIN3O. The molecule has 1 aromatic carbocycles. The normalized spacial score (nSPS) is 11.0. The highest BCUT2D eigenvalue weighted by atomic mass is 127. The third kappa shape index (κ3) is 8.89. The lowest BCUT2D eigenvalue weighted by Gasteiger charge is -2.11. The van der Waals surface area contributed by atoms with Crippen LogP contribution in [0.5, 0.6) is 0 Å². The van der Waals surface area contributed by atoms with E-state index < -0.39 is 0 Å². The van der Waals surface area contributed by atoms with Crippen LogP contribution in [-0.4, -0.2) is 32.3 Å². The van der Waals surface area contributed by atoms with Gasteiger partial charge < -0.3 is 15.4 Å². The molecule has 0 unspecified atom stereocenters. The molecule has 2 N–H and O–H groups in total. The first-order chi connectivity index (χ1) is 10.2. The monoisotopic (exact) mass is 487 g/mol. The highest BCUT2D eigenvalue weighted by Gasteiger charge is 2.03. The number of hydrogen-bond acceptors (Lipinski definition) is 2. The minimum atomic E-state index is -0.242. The second-order valence-corrected chi connectivity index (χ2v) is 5.32. The Bertz CT molecular complexity index is 460. The Morgan fingerprint density at radius 1 is 1.32 bits per heavy atom. The van der Waals surface area contributed by atoms with E-state index in [1.54, 1.807) is 12.1 Å². The van der Waals surface area contributed by atoms with Gasteiger partial charge in [-0.2, -0.15) is 0 Å². The molecule has 7 heteroatoms. The minimum Gasteiger partial charge on any atom is -0.382 e. The van der Waals surface area contributed by atoms with Crippen LogP contribution in [-0.2, 0) is 11.3 Å². The van der Waals surface area contributed by atoms with Crippen molar-refractivity contribution in [3.05, 3.63) is 34.1 Å². The van der Waals surface area contributed by atoms with Crippen molar-refractivity contribution >= 4 is 45.9 Å². The molecule has 126 valence electrons. The summed E-state index contributed by atoms with van der Waals surface area (Å²) in [5.74, 6) is 0.447. The van der Waals surface area contributed by atoms with Crippen LogP contribution in [0.25, 0.3) is 0 Å². The number of rotatable bonds is 8. The predicted octanol–water partition coefficient (Wildman–Crippen LogP) is 3.69. The van der Waals surface area contributed by atoms with Gasteiger partial charge in [-0.3, -0.25) is 0 Å². The van der Waals surface area contributed by atoms with Gasteiger partial charge in [-0.1, -0.05) is 15.9 Å². The number of hydrogen-bond donors (Lipinski definition) is 2. The summed E-state index contributed by atoms with van der Waals surface area (Å²) in [4.78, 5) is 4.40. The van der Waals surface area contributed by atoms with Gasteiger partial charge in [0.2, 0.25) is 0 Å². The molecule has 0 aliphatic carbocycles. The van der Waals surface area contributed by atoms with E-state index in [0.717, 1.165) is 37.2 Å². The molecule has 0 fully saturated rings. The van der Waals surface area contributed by atoms with E-state index in [2.05, 4.69) is 31.6 Å². The largest absolute Gasteiger partial charge is 0.382 e. The number of benzene rings is 1. The molecule has 0 spiro atoms. The number of nitrogens with zero attached hydrogens (tertiary/aromatic N) is 1. The lowest BCUT2D eigenvalue weighted by atomic mass is 10.2. The molecule has 1 aromatic rings. The maximum absolute atomic E-state index is 13.6. The van der Waals surface area contributed by atoms with E-state index in [1.165, 1.54) is 6.07 Å². The zero-order valence-corrected chi connectivity index (χ0v) is 16.9. The average Bonchev–Trinajstić information content (AvgIpc) is 2.47. The Kier molecular flexibility index (Phi) is 12.8. The van der Waals surface area contributed by atoms with E-state index >= 15 is 0 Å². The summed E-state index contributed by atoms with van der Waals surface area (Å²) in [5, 5.41) is 6.35. The predicted molar refractivity (Wildman–Crippen MR) is 103 cm³/mol. The van der Waals surface area contributed by atoms with Crippen LogP contribution < -0.4 is 10.6 Å². The topological polar surface area (TPSA) is 45.7 Å². The van der Waals surface area contributed by atoms with Crippen molar-refractivity contribution in [2.45, 2.75) is 26.8 Å². The van der Waals surface area contributed by atoms with Crippen LogP contribution in [0.1, 0.15) is 25.8 Å². The molecule has 0 atom stereocenters. The van der Waals surface area contributed by atoms with Gasteiger partial charge in [0, 0.05) is 36.3 Å². The first kappa shape index (κ1) is 21.6. The van der Waals surface area contributed by atoms with Crippen molar-refractivity contribution in [2.24, 2.45) is 4.99 Å². The summed E-state index contributed by atoms with van der Waals surface area (Å²) in [6.45, 7) is 7.26. The van der Waals surface area contributed by atoms with Crippen molar-refractivity contribution in [3.8, 4) is 0 Å². The van der Waals surface area contributed by atoms with Gasteiger partial charge in [-0.05, 0) is 38.5 Å². The average molecular weight is 488 g/mol. The first-order valence-corrected chi connectivity index (χ1v) is 8.00. The Morgan fingerprint density at radius 2 is 2.09 bits per heavy atom. The summed E-state index contributed by atoms with van der Waals surface area (Å²) in [7, 11) is 0. The van der Waals surface area contributed by atoms with E-state index in [1.807, 2.05) is 13.8 Å². The van der Waals surface area contributed by atoms with Gasteiger partial charge in [0.15, 0.2) is 5.96 Å². The number of nitrogens with one attached hydrogen (secondary N) is 2. The number of ether oxygens (including phenoxy) is 1. The first-order valence-electron chi connectivity index (χ1n) is 7.21. The van der Waals surface area contributed by atoms with Crippen molar-refractivity contribution in [1.29, 1.82) is 0 Å². The highest BCUT2D eigenvalue weighted by Crippen LogP contribution is 2.16. The van der Waals surface area contributed by atoms with Gasteiger partial charge in [0.1, 0.15) is 5.82 Å². The van der Waals surface area contributed by atoms with Crippen molar-refractivity contribution in [3.63, 3.8) is 0 Å². The fourth-order valence-corrected chi connectivity index (χ4v) is 2.10. The van der Waals surface area contributed by atoms with Gasteiger partial charge in [-0.15, -0.1) is 24.0 Å². The Balaban J connectivity index is 0.00000441. The number of halogens is 3. The zero-order chi connectivity index (χ0) is 15.5. The lowest BCUT2D eigenvalue weighted by Crippen LogP contribution is -2.38. The lowest BCUT2D eigenvalue weighted by molar-refractivity contribution is 0.145. The fraction of sp³-hybridized carbons (Fsp3) is 0.533. The van der Waals surface area contributed by atoms with E-state index in [-0.39, 0.29) is 29.8 Å². The Hall–Kier alpha value is -0.410. The molecule has 1 rings (SSSR count). The third-order valence-corrected chi connectivity index (χ3v) is 3.21. The molecule has 0 heterocycles. The van der Waals surface area contributed by atoms with Crippen LogP contribution in [0.4, 0.5) is 4.39 Å². The molecule has 0 amide bonds. The molecule has 22 heavy (non-hydrogen) atoms. The van der Waals surface area contributed by atoms with E-state index in [4.69, 9.17) is 4.74 Å². The van der Waals surface area contributed by atoms with Crippen LogP contribution in [0.2, 0.25) is 0 Å². The van der Waals surface area contributed by atoms with E-state index in [9.17, 15) is 4.39 Å². The maximum atomic E-state index is 13.6.